The summed E-state index contributed by atoms with van der Waals surface area (Å²) in [6.45, 7) is 3.41. The zero-order chi connectivity index (χ0) is 9.68. The number of nitrogens with two attached hydrogens (primary N) is 1. The van der Waals surface area contributed by atoms with Gasteiger partial charge in [-0.25, -0.2) is 0 Å². The maximum absolute atomic E-state index is 5.51. The largest absolute Gasteiger partial charge is 0.493 e. The topological polar surface area (TPSA) is 35.2 Å². The van der Waals surface area contributed by atoms with Crippen molar-refractivity contribution in [2.45, 2.75) is 6.92 Å². The molecule has 0 fully saturated rings. The molecular formula is C10H14BrNO. The first-order valence-electron chi connectivity index (χ1n) is 4.31. The molecule has 0 amide bonds. The minimum absolute atomic E-state index is 0.406. The van der Waals surface area contributed by atoms with Crippen molar-refractivity contribution in [2.75, 3.05) is 13.2 Å². The molecule has 0 saturated heterocycles. The normalized spacial score (nSPS) is 12.5. The van der Waals surface area contributed by atoms with Gasteiger partial charge in [0.05, 0.1) is 6.61 Å². The van der Waals surface area contributed by atoms with Gasteiger partial charge < -0.3 is 10.5 Å². The highest BCUT2D eigenvalue weighted by Crippen LogP contribution is 2.16. The van der Waals surface area contributed by atoms with Gasteiger partial charge in [-0.15, -0.1) is 0 Å². The van der Waals surface area contributed by atoms with Crippen LogP contribution in [0.1, 0.15) is 6.92 Å². The van der Waals surface area contributed by atoms with Crippen molar-refractivity contribution >= 4 is 15.9 Å². The van der Waals surface area contributed by atoms with Gasteiger partial charge in [-0.1, -0.05) is 22.9 Å². The maximum Gasteiger partial charge on any atom is 0.119 e. The van der Waals surface area contributed by atoms with Gasteiger partial charge in [0, 0.05) is 10.4 Å². The van der Waals surface area contributed by atoms with Crippen molar-refractivity contribution in [3.05, 3.63) is 28.7 Å². The zero-order valence-electron chi connectivity index (χ0n) is 7.66. The highest BCUT2D eigenvalue weighted by Gasteiger charge is 1.99. The molecule has 1 atom stereocenters. The van der Waals surface area contributed by atoms with Crippen LogP contribution in [0.25, 0.3) is 0 Å². The number of halogens is 1. The Morgan fingerprint density at radius 3 is 2.54 bits per heavy atom. The lowest BCUT2D eigenvalue weighted by atomic mass is 10.2. The van der Waals surface area contributed by atoms with E-state index in [9.17, 15) is 0 Å². The van der Waals surface area contributed by atoms with Crippen LogP contribution >= 0.6 is 15.9 Å². The van der Waals surface area contributed by atoms with Crippen molar-refractivity contribution in [2.24, 2.45) is 11.7 Å². The molecule has 1 rings (SSSR count). The Labute approximate surface area is 87.2 Å². The van der Waals surface area contributed by atoms with E-state index in [4.69, 9.17) is 10.5 Å². The predicted molar refractivity (Wildman–Crippen MR) is 57.9 cm³/mol. The fraction of sp³-hybridized carbons (Fsp3) is 0.400. The molecule has 0 bridgehead atoms. The van der Waals surface area contributed by atoms with Gasteiger partial charge in [0.25, 0.3) is 0 Å². The summed E-state index contributed by atoms with van der Waals surface area (Å²) in [5.41, 5.74) is 5.47. The summed E-state index contributed by atoms with van der Waals surface area (Å²) < 4.78 is 6.57. The summed E-state index contributed by atoms with van der Waals surface area (Å²) in [5.74, 6) is 1.30. The van der Waals surface area contributed by atoms with Crippen LogP contribution in [0.4, 0.5) is 0 Å². The summed E-state index contributed by atoms with van der Waals surface area (Å²) in [6, 6.07) is 7.80. The van der Waals surface area contributed by atoms with Crippen LogP contribution in [-0.2, 0) is 0 Å². The first-order chi connectivity index (χ1) is 6.22. The summed E-state index contributed by atoms with van der Waals surface area (Å²) in [5, 5.41) is 0. The number of benzene rings is 1. The minimum Gasteiger partial charge on any atom is -0.493 e. The second-order valence-corrected chi connectivity index (χ2v) is 4.02. The molecule has 13 heavy (non-hydrogen) atoms. The molecule has 0 radical (unpaired) electrons. The van der Waals surface area contributed by atoms with Crippen LogP contribution in [0.3, 0.4) is 0 Å². The molecule has 0 aliphatic rings. The molecule has 2 nitrogen and oxygen atoms in total. The molecule has 0 saturated carbocycles. The van der Waals surface area contributed by atoms with Gasteiger partial charge in [0.2, 0.25) is 0 Å². The van der Waals surface area contributed by atoms with E-state index in [-0.39, 0.29) is 0 Å². The van der Waals surface area contributed by atoms with Gasteiger partial charge in [-0.2, -0.15) is 0 Å². The van der Waals surface area contributed by atoms with Crippen molar-refractivity contribution in [1.82, 2.24) is 0 Å². The average Bonchev–Trinajstić information content (AvgIpc) is 2.16. The standard InChI is InChI=1S/C10H14BrNO/c1-8(6-12)7-13-10-4-2-9(11)3-5-10/h2-5,8H,6-7,12H2,1H3. The Balaban J connectivity index is 2.41. The molecule has 0 aromatic heterocycles. The van der Waals surface area contributed by atoms with Gasteiger partial charge in [0.15, 0.2) is 0 Å². The third-order valence-corrected chi connectivity index (χ3v) is 2.28. The number of rotatable bonds is 4. The quantitative estimate of drug-likeness (QED) is 0.882. The van der Waals surface area contributed by atoms with Gasteiger partial charge in [-0.3, -0.25) is 0 Å². The van der Waals surface area contributed by atoms with Crippen molar-refractivity contribution in [3.8, 4) is 5.75 Å². The Hall–Kier alpha value is -0.540. The zero-order valence-corrected chi connectivity index (χ0v) is 9.25. The Kier molecular flexibility index (Phi) is 4.25. The molecule has 72 valence electrons. The molecule has 1 unspecified atom stereocenters. The van der Waals surface area contributed by atoms with Gasteiger partial charge in [-0.05, 0) is 30.8 Å². The minimum atomic E-state index is 0.406. The van der Waals surface area contributed by atoms with Crippen LogP contribution in [0.15, 0.2) is 28.7 Å². The molecular weight excluding hydrogens is 230 g/mol. The predicted octanol–water partition coefficient (Wildman–Crippen LogP) is 2.42. The third-order valence-electron chi connectivity index (χ3n) is 1.75. The van der Waals surface area contributed by atoms with Crippen LogP contribution in [0, 0.1) is 5.92 Å². The van der Waals surface area contributed by atoms with E-state index < -0.39 is 0 Å². The van der Waals surface area contributed by atoms with Gasteiger partial charge >= 0.3 is 0 Å². The van der Waals surface area contributed by atoms with Crippen LogP contribution in [0.5, 0.6) is 5.75 Å². The molecule has 3 heteroatoms. The fourth-order valence-corrected chi connectivity index (χ4v) is 1.10. The van der Waals surface area contributed by atoms with E-state index in [1.165, 1.54) is 0 Å². The molecule has 0 heterocycles. The summed E-state index contributed by atoms with van der Waals surface area (Å²) in [6.07, 6.45) is 0. The molecule has 0 aliphatic carbocycles. The number of hydrogen-bond donors (Lipinski definition) is 1. The van der Waals surface area contributed by atoms with E-state index in [0.717, 1.165) is 10.2 Å². The first kappa shape index (κ1) is 10.5. The van der Waals surface area contributed by atoms with E-state index in [1.54, 1.807) is 0 Å². The summed E-state index contributed by atoms with van der Waals surface area (Å²) in [7, 11) is 0. The first-order valence-corrected chi connectivity index (χ1v) is 5.10. The van der Waals surface area contributed by atoms with E-state index in [0.29, 0.717) is 19.1 Å². The maximum atomic E-state index is 5.51. The van der Waals surface area contributed by atoms with Crippen LogP contribution < -0.4 is 10.5 Å². The Bertz CT molecular complexity index is 248. The second-order valence-electron chi connectivity index (χ2n) is 3.11. The number of hydrogen-bond acceptors (Lipinski definition) is 2. The summed E-state index contributed by atoms with van der Waals surface area (Å²) in [4.78, 5) is 0. The average molecular weight is 244 g/mol. The SMILES string of the molecule is CC(CN)COc1ccc(Br)cc1. The lowest BCUT2D eigenvalue weighted by molar-refractivity contribution is 0.264. The van der Waals surface area contributed by atoms with E-state index in [2.05, 4.69) is 22.9 Å². The second kappa shape index (κ2) is 5.25. The third kappa shape index (κ3) is 3.79. The van der Waals surface area contributed by atoms with Crippen LogP contribution in [0.2, 0.25) is 0 Å². The molecule has 0 aliphatic heterocycles. The molecule has 1 aromatic carbocycles. The lowest BCUT2D eigenvalue weighted by Crippen LogP contribution is -2.18. The molecule has 1 aromatic rings. The lowest BCUT2D eigenvalue weighted by Gasteiger charge is -2.10. The van der Waals surface area contributed by atoms with E-state index >= 15 is 0 Å². The Morgan fingerprint density at radius 1 is 1.38 bits per heavy atom. The van der Waals surface area contributed by atoms with Crippen molar-refractivity contribution < 1.29 is 4.74 Å². The van der Waals surface area contributed by atoms with Gasteiger partial charge in [0.1, 0.15) is 5.75 Å². The highest BCUT2D eigenvalue weighted by molar-refractivity contribution is 9.10. The molecule has 0 spiro atoms. The Morgan fingerprint density at radius 2 is 2.00 bits per heavy atom. The van der Waals surface area contributed by atoms with Crippen molar-refractivity contribution in [3.63, 3.8) is 0 Å². The molecule has 2 N–H and O–H groups in total. The van der Waals surface area contributed by atoms with E-state index in [1.807, 2.05) is 24.3 Å². The monoisotopic (exact) mass is 243 g/mol. The van der Waals surface area contributed by atoms with Crippen LogP contribution in [-0.4, -0.2) is 13.2 Å². The van der Waals surface area contributed by atoms with Crippen molar-refractivity contribution in [1.29, 1.82) is 0 Å². The summed E-state index contributed by atoms with van der Waals surface area (Å²) >= 11 is 3.36. The fourth-order valence-electron chi connectivity index (χ4n) is 0.837. The highest BCUT2D eigenvalue weighted by atomic mass is 79.9. The number of ether oxygens (including phenoxy) is 1. The smallest absolute Gasteiger partial charge is 0.119 e.